The zero-order chi connectivity index (χ0) is 18.1. The van der Waals surface area contributed by atoms with Crippen molar-refractivity contribution in [3.63, 3.8) is 0 Å². The zero-order valence-electron chi connectivity index (χ0n) is 14.1. The van der Waals surface area contributed by atoms with Gasteiger partial charge in [-0.05, 0) is 0 Å². The van der Waals surface area contributed by atoms with Gasteiger partial charge >= 0.3 is 161 Å². The monoisotopic (exact) mass is 472 g/mol. The van der Waals surface area contributed by atoms with Gasteiger partial charge in [0.05, 0.1) is 0 Å². The first-order chi connectivity index (χ1) is 12.1. The average molecular weight is 470 g/mol. The van der Waals surface area contributed by atoms with Crippen LogP contribution in [0.2, 0.25) is 3.21 Å². The molecule has 2 aromatic rings. The van der Waals surface area contributed by atoms with Crippen LogP contribution in [0.5, 0.6) is 0 Å². The van der Waals surface area contributed by atoms with E-state index in [1.54, 1.807) is 13.8 Å². The summed E-state index contributed by atoms with van der Waals surface area (Å²) in [5.74, 6) is -0.970. The van der Waals surface area contributed by atoms with E-state index in [1.165, 1.54) is 0 Å². The number of rotatable bonds is 8. The average Bonchev–Trinajstić information content (AvgIpc) is 2.63. The Morgan fingerprint density at radius 1 is 0.760 bits per heavy atom. The summed E-state index contributed by atoms with van der Waals surface area (Å²) in [6, 6.07) is 19.2. The molecule has 2 rings (SSSR count). The van der Waals surface area contributed by atoms with Crippen LogP contribution in [0.3, 0.4) is 0 Å². The number of hydrogen-bond acceptors (Lipinski definition) is 4. The standard InChI is InChI=1S/C19H20O4Se2/c1-3-22-17(20)19(18(21)23-4-2,24-15-11-7-5-8-12-15)25-16-13-9-6-10-14-16/h5-14H,3-4H2,1-2H3. The van der Waals surface area contributed by atoms with Crippen LogP contribution in [0.25, 0.3) is 0 Å². The molecule has 0 spiro atoms. The van der Waals surface area contributed by atoms with Crippen LogP contribution in [0.1, 0.15) is 13.8 Å². The molecule has 0 bridgehead atoms. The second kappa shape index (κ2) is 9.79. The second-order valence-corrected chi connectivity index (χ2v) is 11.6. The van der Waals surface area contributed by atoms with Gasteiger partial charge in [-0.15, -0.1) is 0 Å². The van der Waals surface area contributed by atoms with Gasteiger partial charge in [0.2, 0.25) is 0 Å². The van der Waals surface area contributed by atoms with Gasteiger partial charge in [0.25, 0.3) is 0 Å². The summed E-state index contributed by atoms with van der Waals surface area (Å²) in [4.78, 5) is 25.8. The Kier molecular flexibility index (Phi) is 7.73. The fraction of sp³-hybridized carbons (Fsp3) is 0.263. The van der Waals surface area contributed by atoms with Crippen molar-refractivity contribution in [3.05, 3.63) is 60.7 Å². The predicted molar refractivity (Wildman–Crippen MR) is 99.6 cm³/mol. The first-order valence-electron chi connectivity index (χ1n) is 7.95. The molecule has 0 unspecified atom stereocenters. The van der Waals surface area contributed by atoms with Crippen molar-refractivity contribution in [2.45, 2.75) is 17.1 Å². The number of carbonyl (C=O) groups is 2. The van der Waals surface area contributed by atoms with E-state index in [9.17, 15) is 9.59 Å². The van der Waals surface area contributed by atoms with E-state index in [2.05, 4.69) is 0 Å². The third-order valence-corrected chi connectivity index (χ3v) is 9.65. The Labute approximate surface area is 160 Å². The van der Waals surface area contributed by atoms with Gasteiger partial charge in [0.15, 0.2) is 0 Å². The van der Waals surface area contributed by atoms with Crippen LogP contribution < -0.4 is 8.92 Å². The number of carbonyl (C=O) groups excluding carboxylic acids is 2. The molecule has 2 aromatic carbocycles. The molecular formula is C19H20O4Se2. The topological polar surface area (TPSA) is 52.6 Å². The first-order valence-corrected chi connectivity index (χ1v) is 11.4. The van der Waals surface area contributed by atoms with Gasteiger partial charge in [-0.1, -0.05) is 0 Å². The molecule has 0 amide bonds. The summed E-state index contributed by atoms with van der Waals surface area (Å²) in [7, 11) is 0. The molecule has 0 aliphatic carbocycles. The fourth-order valence-corrected chi connectivity index (χ4v) is 8.49. The van der Waals surface area contributed by atoms with E-state index in [4.69, 9.17) is 9.47 Å². The van der Waals surface area contributed by atoms with Gasteiger partial charge in [-0.3, -0.25) is 0 Å². The Morgan fingerprint density at radius 2 is 1.12 bits per heavy atom. The van der Waals surface area contributed by atoms with Crippen molar-refractivity contribution in [3.8, 4) is 0 Å². The number of benzene rings is 2. The summed E-state index contributed by atoms with van der Waals surface area (Å²) < 4.78 is 11.3. The molecule has 0 atom stereocenters. The molecule has 0 fully saturated rings. The summed E-state index contributed by atoms with van der Waals surface area (Å²) >= 11 is -0.884. The predicted octanol–water partition coefficient (Wildman–Crippen LogP) is 1.29. The molecule has 0 saturated heterocycles. The van der Waals surface area contributed by atoms with E-state index in [1.807, 2.05) is 60.7 Å². The number of esters is 2. The maximum atomic E-state index is 12.9. The second-order valence-electron chi connectivity index (χ2n) is 4.89. The van der Waals surface area contributed by atoms with Gasteiger partial charge < -0.3 is 0 Å². The summed E-state index contributed by atoms with van der Waals surface area (Å²) in [5.41, 5.74) is 0. The van der Waals surface area contributed by atoms with E-state index >= 15 is 0 Å². The summed E-state index contributed by atoms with van der Waals surface area (Å²) in [6.07, 6.45) is 0. The molecule has 25 heavy (non-hydrogen) atoms. The Bertz CT molecular complexity index is 628. The Hall–Kier alpha value is -1.58. The Morgan fingerprint density at radius 3 is 1.44 bits per heavy atom. The van der Waals surface area contributed by atoms with Crippen LogP contribution in [0, 0.1) is 0 Å². The summed E-state index contributed by atoms with van der Waals surface area (Å²) in [6.45, 7) is 3.96. The number of ether oxygens (including phenoxy) is 2. The van der Waals surface area contributed by atoms with E-state index < -0.39 is 45.1 Å². The van der Waals surface area contributed by atoms with Crippen LogP contribution in [0.15, 0.2) is 60.7 Å². The third kappa shape index (κ3) is 5.19. The van der Waals surface area contributed by atoms with Crippen LogP contribution >= 0.6 is 0 Å². The van der Waals surface area contributed by atoms with Gasteiger partial charge in [0, 0.05) is 0 Å². The molecule has 0 saturated carbocycles. The van der Waals surface area contributed by atoms with Crippen LogP contribution in [-0.2, 0) is 19.1 Å². The van der Waals surface area contributed by atoms with Gasteiger partial charge in [-0.25, -0.2) is 0 Å². The maximum absolute atomic E-state index is 12.9. The van der Waals surface area contributed by atoms with Crippen LogP contribution in [0.4, 0.5) is 0 Å². The molecule has 0 aromatic heterocycles. The van der Waals surface area contributed by atoms with Crippen LogP contribution in [-0.4, -0.2) is 55.1 Å². The third-order valence-electron chi connectivity index (χ3n) is 3.10. The molecule has 132 valence electrons. The van der Waals surface area contributed by atoms with Gasteiger partial charge in [0.1, 0.15) is 0 Å². The normalized spacial score (nSPS) is 11.0. The molecule has 0 N–H and O–H groups in total. The summed E-state index contributed by atoms with van der Waals surface area (Å²) in [5, 5.41) is 0. The van der Waals surface area contributed by atoms with E-state index in [-0.39, 0.29) is 13.2 Å². The first kappa shape index (κ1) is 19.7. The minimum absolute atomic E-state index is 0.232. The molecule has 6 heteroatoms. The van der Waals surface area contributed by atoms with Crippen molar-refractivity contribution in [2.24, 2.45) is 0 Å². The molecule has 0 aliphatic heterocycles. The molecule has 4 nitrogen and oxygen atoms in total. The zero-order valence-corrected chi connectivity index (χ0v) is 17.6. The Balaban J connectivity index is 2.47. The van der Waals surface area contributed by atoms with Crippen molar-refractivity contribution >= 4 is 50.8 Å². The molecular weight excluding hydrogens is 450 g/mol. The fourth-order valence-electron chi connectivity index (χ4n) is 2.03. The van der Waals surface area contributed by atoms with Crippen molar-refractivity contribution in [1.82, 2.24) is 0 Å². The quantitative estimate of drug-likeness (QED) is 0.332. The molecule has 0 aliphatic rings. The van der Waals surface area contributed by atoms with Gasteiger partial charge in [-0.2, -0.15) is 0 Å². The SMILES string of the molecule is CCOC(=O)C([Se]c1ccccc1)([Se]c1ccccc1)C(=O)OCC. The molecule has 0 radical (unpaired) electrons. The number of hydrogen-bond donors (Lipinski definition) is 0. The molecule has 0 heterocycles. The van der Waals surface area contributed by atoms with E-state index in [0.717, 1.165) is 8.92 Å². The van der Waals surface area contributed by atoms with Crippen molar-refractivity contribution in [2.75, 3.05) is 13.2 Å². The van der Waals surface area contributed by atoms with Crippen molar-refractivity contribution in [1.29, 1.82) is 0 Å². The minimum atomic E-state index is -1.27. The van der Waals surface area contributed by atoms with Crippen molar-refractivity contribution < 1.29 is 19.1 Å². The van der Waals surface area contributed by atoms with E-state index in [0.29, 0.717) is 0 Å².